The van der Waals surface area contributed by atoms with Gasteiger partial charge < -0.3 is 20.2 Å². The Morgan fingerprint density at radius 2 is 2.22 bits per heavy atom. The zero-order valence-corrected chi connectivity index (χ0v) is 10.4. The Morgan fingerprint density at radius 3 is 2.83 bits per heavy atom. The van der Waals surface area contributed by atoms with E-state index in [0.717, 1.165) is 22.2 Å². The number of H-pyrrole nitrogens is 1. The highest BCUT2D eigenvalue weighted by Crippen LogP contribution is 2.29. The second kappa shape index (κ2) is 5.10. The highest BCUT2D eigenvalue weighted by atomic mass is 16.5. The fraction of sp³-hybridized carbons (Fsp3) is 0.308. The second-order valence-electron chi connectivity index (χ2n) is 3.97. The van der Waals surface area contributed by atoms with E-state index in [1.807, 2.05) is 18.2 Å². The third-order valence-corrected chi connectivity index (χ3v) is 3.02. The number of fused-ring (bicyclic) bond motifs is 1. The lowest BCUT2D eigenvalue weighted by atomic mass is 9.99. The number of nitrogens with two attached hydrogens (primary N) is 1. The van der Waals surface area contributed by atoms with E-state index in [0.29, 0.717) is 0 Å². The van der Waals surface area contributed by atoms with Crippen LogP contribution in [-0.4, -0.2) is 31.7 Å². The van der Waals surface area contributed by atoms with Crippen molar-refractivity contribution in [3.63, 3.8) is 0 Å². The van der Waals surface area contributed by atoms with Crippen LogP contribution in [0.3, 0.4) is 0 Å². The first kappa shape index (κ1) is 12.4. The lowest BCUT2D eigenvalue weighted by molar-refractivity contribution is -0.142. The maximum absolute atomic E-state index is 11.7. The van der Waals surface area contributed by atoms with Gasteiger partial charge in [0, 0.05) is 23.6 Å². The Hall–Kier alpha value is -2.01. The molecule has 5 nitrogen and oxygen atoms in total. The average Bonchev–Trinajstić information content (AvgIpc) is 2.82. The number of nitrogens with one attached hydrogen (secondary N) is 1. The average molecular weight is 248 g/mol. The summed E-state index contributed by atoms with van der Waals surface area (Å²) in [5, 5.41) is 0.926. The Labute approximate surface area is 105 Å². The number of carbonyl (C=O) groups is 1. The van der Waals surface area contributed by atoms with Gasteiger partial charge in [0.15, 0.2) is 0 Å². The molecule has 0 saturated heterocycles. The van der Waals surface area contributed by atoms with Crippen molar-refractivity contribution in [3.05, 3.63) is 30.0 Å². The number of ether oxygens (including phenoxy) is 2. The topological polar surface area (TPSA) is 77.3 Å². The van der Waals surface area contributed by atoms with E-state index in [1.165, 1.54) is 7.11 Å². The van der Waals surface area contributed by atoms with Crippen LogP contribution in [0.25, 0.3) is 10.9 Å². The molecule has 0 bridgehead atoms. The lowest BCUT2D eigenvalue weighted by Gasteiger charge is -2.11. The molecule has 1 aromatic carbocycles. The molecular weight excluding hydrogens is 232 g/mol. The van der Waals surface area contributed by atoms with Gasteiger partial charge in [-0.2, -0.15) is 0 Å². The molecule has 0 radical (unpaired) electrons. The van der Waals surface area contributed by atoms with Gasteiger partial charge >= 0.3 is 5.97 Å². The molecule has 1 heterocycles. The molecule has 1 unspecified atom stereocenters. The number of hydrogen-bond donors (Lipinski definition) is 2. The maximum atomic E-state index is 11.7. The van der Waals surface area contributed by atoms with Gasteiger partial charge in [0.25, 0.3) is 0 Å². The summed E-state index contributed by atoms with van der Waals surface area (Å²) in [7, 11) is 2.97. The normalized spacial score (nSPS) is 12.4. The molecule has 0 saturated carbocycles. The molecule has 0 aliphatic heterocycles. The van der Waals surface area contributed by atoms with Crippen molar-refractivity contribution >= 4 is 16.9 Å². The summed E-state index contributed by atoms with van der Waals surface area (Å²) in [4.78, 5) is 14.8. The summed E-state index contributed by atoms with van der Waals surface area (Å²) >= 11 is 0. The van der Waals surface area contributed by atoms with E-state index in [1.54, 1.807) is 13.3 Å². The van der Waals surface area contributed by atoms with Crippen LogP contribution in [0.5, 0.6) is 5.75 Å². The quantitative estimate of drug-likeness (QED) is 0.801. The van der Waals surface area contributed by atoms with E-state index in [9.17, 15) is 4.79 Å². The predicted molar refractivity (Wildman–Crippen MR) is 68.7 cm³/mol. The van der Waals surface area contributed by atoms with Crippen LogP contribution < -0.4 is 10.5 Å². The van der Waals surface area contributed by atoms with Crippen molar-refractivity contribution in [2.75, 3.05) is 20.8 Å². The Bertz CT molecular complexity index is 562. The molecule has 0 aliphatic carbocycles. The molecule has 18 heavy (non-hydrogen) atoms. The first-order valence-electron chi connectivity index (χ1n) is 5.64. The smallest absolute Gasteiger partial charge is 0.314 e. The first-order chi connectivity index (χ1) is 8.71. The number of aromatic amines is 1. The Morgan fingerprint density at radius 1 is 1.44 bits per heavy atom. The standard InChI is InChI=1S/C13H16N2O3/c1-17-8-3-4-12-9(5-8)11(7-15-12)10(6-14)13(16)18-2/h3-5,7,10,15H,6,14H2,1-2H3. The van der Waals surface area contributed by atoms with Crippen LogP contribution in [0.4, 0.5) is 0 Å². The third kappa shape index (κ3) is 2.04. The molecular formula is C13H16N2O3. The van der Waals surface area contributed by atoms with Crippen LogP contribution in [0.2, 0.25) is 0 Å². The SMILES string of the molecule is COC(=O)C(CN)c1c[nH]c2ccc(OC)cc12. The van der Waals surface area contributed by atoms with Gasteiger partial charge in [-0.3, -0.25) is 4.79 Å². The van der Waals surface area contributed by atoms with Gasteiger partial charge in [0.05, 0.1) is 20.1 Å². The van der Waals surface area contributed by atoms with Crippen molar-refractivity contribution in [2.24, 2.45) is 5.73 Å². The minimum atomic E-state index is -0.462. The molecule has 0 fully saturated rings. The van der Waals surface area contributed by atoms with Crippen molar-refractivity contribution in [2.45, 2.75) is 5.92 Å². The number of rotatable bonds is 4. The van der Waals surface area contributed by atoms with E-state index in [4.69, 9.17) is 15.2 Å². The van der Waals surface area contributed by atoms with Crippen molar-refractivity contribution in [3.8, 4) is 5.75 Å². The van der Waals surface area contributed by atoms with Crippen LogP contribution in [-0.2, 0) is 9.53 Å². The third-order valence-electron chi connectivity index (χ3n) is 3.02. The molecule has 2 aromatic rings. The minimum Gasteiger partial charge on any atom is -0.497 e. The van der Waals surface area contributed by atoms with Gasteiger partial charge in [-0.15, -0.1) is 0 Å². The zero-order chi connectivity index (χ0) is 13.1. The predicted octanol–water partition coefficient (Wildman–Crippen LogP) is 1.39. The number of hydrogen-bond acceptors (Lipinski definition) is 4. The van der Waals surface area contributed by atoms with Gasteiger partial charge in [0.1, 0.15) is 5.75 Å². The van der Waals surface area contributed by atoms with Gasteiger partial charge in [-0.05, 0) is 23.8 Å². The fourth-order valence-corrected chi connectivity index (χ4v) is 2.03. The molecule has 0 spiro atoms. The molecule has 0 aliphatic rings. The van der Waals surface area contributed by atoms with Crippen LogP contribution in [0.15, 0.2) is 24.4 Å². The number of benzene rings is 1. The molecule has 3 N–H and O–H groups in total. The first-order valence-corrected chi connectivity index (χ1v) is 5.64. The number of aromatic nitrogens is 1. The van der Waals surface area contributed by atoms with Crippen molar-refractivity contribution in [1.82, 2.24) is 4.98 Å². The summed E-state index contributed by atoms with van der Waals surface area (Å²) in [6, 6.07) is 5.65. The van der Waals surface area contributed by atoms with E-state index < -0.39 is 5.92 Å². The maximum Gasteiger partial charge on any atom is 0.314 e. The zero-order valence-electron chi connectivity index (χ0n) is 10.4. The second-order valence-corrected chi connectivity index (χ2v) is 3.97. The fourth-order valence-electron chi connectivity index (χ4n) is 2.03. The highest BCUT2D eigenvalue weighted by Gasteiger charge is 2.23. The monoisotopic (exact) mass is 248 g/mol. The molecule has 96 valence electrons. The molecule has 1 aromatic heterocycles. The van der Waals surface area contributed by atoms with Crippen LogP contribution in [0.1, 0.15) is 11.5 Å². The van der Waals surface area contributed by atoms with Crippen LogP contribution >= 0.6 is 0 Å². The van der Waals surface area contributed by atoms with E-state index in [-0.39, 0.29) is 12.5 Å². The van der Waals surface area contributed by atoms with Gasteiger partial charge in [-0.25, -0.2) is 0 Å². The van der Waals surface area contributed by atoms with E-state index >= 15 is 0 Å². The summed E-state index contributed by atoms with van der Waals surface area (Å²) in [6.07, 6.45) is 1.79. The summed E-state index contributed by atoms with van der Waals surface area (Å²) in [5.41, 5.74) is 7.43. The van der Waals surface area contributed by atoms with Gasteiger partial charge in [0.2, 0.25) is 0 Å². The Balaban J connectivity index is 2.52. The number of esters is 1. The van der Waals surface area contributed by atoms with Crippen molar-refractivity contribution in [1.29, 1.82) is 0 Å². The number of methoxy groups -OCH3 is 2. The minimum absolute atomic E-state index is 0.205. The highest BCUT2D eigenvalue weighted by molar-refractivity contribution is 5.90. The molecule has 0 amide bonds. The van der Waals surface area contributed by atoms with Crippen LogP contribution in [0, 0.1) is 0 Å². The molecule has 1 atom stereocenters. The largest absolute Gasteiger partial charge is 0.497 e. The summed E-state index contributed by atoms with van der Waals surface area (Å²) < 4.78 is 9.95. The number of carbonyl (C=O) groups excluding carboxylic acids is 1. The summed E-state index contributed by atoms with van der Waals surface area (Å²) in [5.74, 6) is -0.0546. The van der Waals surface area contributed by atoms with E-state index in [2.05, 4.69) is 4.98 Å². The van der Waals surface area contributed by atoms with Crippen molar-refractivity contribution < 1.29 is 14.3 Å². The molecule has 2 rings (SSSR count). The molecule has 5 heteroatoms. The summed E-state index contributed by atoms with van der Waals surface area (Å²) in [6.45, 7) is 0.205. The van der Waals surface area contributed by atoms with Gasteiger partial charge in [-0.1, -0.05) is 0 Å². The Kier molecular flexibility index (Phi) is 3.53. The lowest BCUT2D eigenvalue weighted by Crippen LogP contribution is -2.22.